The van der Waals surface area contributed by atoms with Crippen LogP contribution in [-0.2, 0) is 6.54 Å². The highest BCUT2D eigenvalue weighted by Crippen LogP contribution is 2.15. The Kier molecular flexibility index (Phi) is 2.97. The average Bonchev–Trinajstić information content (AvgIpc) is 2.78. The van der Waals surface area contributed by atoms with Crippen molar-refractivity contribution in [2.45, 2.75) is 26.3 Å². The van der Waals surface area contributed by atoms with Gasteiger partial charge in [0.15, 0.2) is 4.77 Å². The van der Waals surface area contributed by atoms with Gasteiger partial charge in [0.1, 0.15) is 5.82 Å². The summed E-state index contributed by atoms with van der Waals surface area (Å²) in [5, 5.41) is 7.06. The van der Waals surface area contributed by atoms with Crippen LogP contribution in [0.5, 0.6) is 0 Å². The van der Waals surface area contributed by atoms with Crippen molar-refractivity contribution in [3.05, 3.63) is 27.2 Å². The number of nitrogens with one attached hydrogen (secondary N) is 1. The van der Waals surface area contributed by atoms with Crippen molar-refractivity contribution >= 4 is 23.6 Å². The lowest BCUT2D eigenvalue weighted by Gasteiger charge is -2.06. The van der Waals surface area contributed by atoms with Crippen LogP contribution < -0.4 is 0 Å². The number of nitrogens with zero attached hydrogens (tertiary/aromatic N) is 3. The zero-order valence-electron chi connectivity index (χ0n) is 8.60. The predicted octanol–water partition coefficient (Wildman–Crippen LogP) is 2.57. The van der Waals surface area contributed by atoms with Gasteiger partial charge in [-0.1, -0.05) is 13.8 Å². The van der Waals surface area contributed by atoms with Gasteiger partial charge in [-0.3, -0.25) is 14.6 Å². The van der Waals surface area contributed by atoms with E-state index in [1.54, 1.807) is 11.3 Å². The van der Waals surface area contributed by atoms with Crippen LogP contribution in [0.3, 0.4) is 0 Å². The summed E-state index contributed by atoms with van der Waals surface area (Å²) >= 11 is 6.82. The molecule has 0 bridgehead atoms. The Morgan fingerprint density at radius 2 is 2.40 bits per heavy atom. The molecular formula is C9H12N4S2. The lowest BCUT2D eigenvalue weighted by atomic mass is 10.2. The van der Waals surface area contributed by atoms with Crippen molar-refractivity contribution in [3.8, 4) is 0 Å². The molecule has 80 valence electrons. The van der Waals surface area contributed by atoms with Crippen LogP contribution in [0.2, 0.25) is 0 Å². The number of hydrogen-bond acceptors (Lipinski definition) is 4. The molecule has 1 N–H and O–H groups in total. The Labute approximate surface area is 97.0 Å². The minimum Gasteiger partial charge on any atom is -0.299 e. The highest BCUT2D eigenvalue weighted by atomic mass is 32.1. The molecule has 2 rings (SSSR count). The summed E-state index contributed by atoms with van der Waals surface area (Å²) in [5.74, 6) is 1.36. The molecule has 15 heavy (non-hydrogen) atoms. The van der Waals surface area contributed by atoms with Gasteiger partial charge in [-0.25, -0.2) is 0 Å². The van der Waals surface area contributed by atoms with E-state index in [-0.39, 0.29) is 0 Å². The Morgan fingerprint density at radius 3 is 3.00 bits per heavy atom. The summed E-state index contributed by atoms with van der Waals surface area (Å²) in [6.45, 7) is 4.97. The van der Waals surface area contributed by atoms with E-state index in [0.717, 1.165) is 12.4 Å². The van der Waals surface area contributed by atoms with Gasteiger partial charge in [-0.2, -0.15) is 5.10 Å². The smallest absolute Gasteiger partial charge is 0.195 e. The highest BCUT2D eigenvalue weighted by Gasteiger charge is 2.10. The lowest BCUT2D eigenvalue weighted by molar-refractivity contribution is 0.668. The molecule has 0 fully saturated rings. The molecule has 0 spiro atoms. The minimum absolute atomic E-state index is 0.367. The number of aromatic nitrogens is 4. The van der Waals surface area contributed by atoms with Crippen LogP contribution in [0.25, 0.3) is 0 Å². The Hall–Kier alpha value is -1.01. The number of thiazole rings is 1. The molecule has 0 radical (unpaired) electrons. The minimum atomic E-state index is 0.367. The molecule has 6 heteroatoms. The van der Waals surface area contributed by atoms with Crippen LogP contribution in [0.15, 0.2) is 11.7 Å². The first-order valence-electron chi connectivity index (χ1n) is 4.71. The monoisotopic (exact) mass is 240 g/mol. The molecule has 0 unspecified atom stereocenters. The first-order chi connectivity index (χ1) is 7.18. The van der Waals surface area contributed by atoms with Crippen molar-refractivity contribution in [1.29, 1.82) is 0 Å². The van der Waals surface area contributed by atoms with Crippen molar-refractivity contribution < 1.29 is 0 Å². The van der Waals surface area contributed by atoms with Gasteiger partial charge in [0.25, 0.3) is 0 Å². The third kappa shape index (κ3) is 2.15. The maximum atomic E-state index is 5.19. The van der Waals surface area contributed by atoms with E-state index in [2.05, 4.69) is 29.0 Å². The van der Waals surface area contributed by atoms with Gasteiger partial charge < -0.3 is 0 Å². The molecule has 0 aliphatic heterocycles. The second-order valence-electron chi connectivity index (χ2n) is 3.60. The molecule has 0 aromatic carbocycles. The van der Waals surface area contributed by atoms with Gasteiger partial charge in [0, 0.05) is 17.0 Å². The first kappa shape index (κ1) is 10.5. The number of H-pyrrole nitrogens is 1. The molecule has 2 aromatic rings. The quantitative estimate of drug-likeness (QED) is 0.839. The summed E-state index contributed by atoms with van der Waals surface area (Å²) in [5.41, 5.74) is 1.83. The standard InChI is InChI=1S/C9H12N4S2/c1-6(2)8-11-12-9(14)13(8)4-7-3-10-5-15-7/h3,5-6H,4H2,1-2H3,(H,12,14). The van der Waals surface area contributed by atoms with Gasteiger partial charge in [-0.15, -0.1) is 11.3 Å². The zero-order chi connectivity index (χ0) is 10.8. The summed E-state index contributed by atoms with van der Waals surface area (Å²) in [4.78, 5) is 5.24. The fourth-order valence-corrected chi connectivity index (χ4v) is 2.19. The fourth-order valence-electron chi connectivity index (χ4n) is 1.40. The largest absolute Gasteiger partial charge is 0.299 e. The molecule has 0 saturated heterocycles. The van der Waals surface area contributed by atoms with Gasteiger partial charge in [-0.05, 0) is 12.2 Å². The topological polar surface area (TPSA) is 46.5 Å². The van der Waals surface area contributed by atoms with E-state index in [9.17, 15) is 0 Å². The van der Waals surface area contributed by atoms with Crippen LogP contribution in [0.1, 0.15) is 30.5 Å². The molecule has 4 nitrogen and oxygen atoms in total. The second kappa shape index (κ2) is 4.24. The van der Waals surface area contributed by atoms with Crippen molar-refractivity contribution in [3.63, 3.8) is 0 Å². The maximum absolute atomic E-state index is 5.19. The molecule has 2 heterocycles. The highest BCUT2D eigenvalue weighted by molar-refractivity contribution is 7.71. The van der Waals surface area contributed by atoms with Crippen molar-refractivity contribution in [1.82, 2.24) is 19.7 Å². The second-order valence-corrected chi connectivity index (χ2v) is 4.95. The van der Waals surface area contributed by atoms with Crippen LogP contribution in [0.4, 0.5) is 0 Å². The summed E-state index contributed by atoms with van der Waals surface area (Å²) < 4.78 is 2.69. The Bertz CT molecular complexity index is 480. The maximum Gasteiger partial charge on any atom is 0.195 e. The third-order valence-electron chi connectivity index (χ3n) is 2.10. The summed E-state index contributed by atoms with van der Waals surface area (Å²) in [6.07, 6.45) is 1.86. The fraction of sp³-hybridized carbons (Fsp3) is 0.444. The summed E-state index contributed by atoms with van der Waals surface area (Å²) in [7, 11) is 0. The average molecular weight is 240 g/mol. The molecule has 0 saturated carbocycles. The first-order valence-corrected chi connectivity index (χ1v) is 5.99. The molecular weight excluding hydrogens is 228 g/mol. The van der Waals surface area contributed by atoms with E-state index in [1.165, 1.54) is 4.88 Å². The van der Waals surface area contributed by atoms with Crippen molar-refractivity contribution in [2.75, 3.05) is 0 Å². The van der Waals surface area contributed by atoms with Crippen LogP contribution in [-0.4, -0.2) is 19.7 Å². The Balaban J connectivity index is 2.35. The molecule has 0 aliphatic rings. The number of hydrogen-bond donors (Lipinski definition) is 1. The molecule has 0 atom stereocenters. The number of aromatic amines is 1. The van der Waals surface area contributed by atoms with Gasteiger partial charge >= 0.3 is 0 Å². The van der Waals surface area contributed by atoms with E-state index < -0.39 is 0 Å². The zero-order valence-corrected chi connectivity index (χ0v) is 10.2. The van der Waals surface area contributed by atoms with Crippen LogP contribution in [0, 0.1) is 4.77 Å². The normalized spacial score (nSPS) is 11.1. The van der Waals surface area contributed by atoms with E-state index >= 15 is 0 Å². The lowest BCUT2D eigenvalue weighted by Crippen LogP contribution is -2.05. The van der Waals surface area contributed by atoms with Crippen LogP contribution >= 0.6 is 23.6 Å². The third-order valence-corrected chi connectivity index (χ3v) is 3.18. The number of rotatable bonds is 3. The Morgan fingerprint density at radius 1 is 1.60 bits per heavy atom. The molecule has 0 amide bonds. The summed E-state index contributed by atoms with van der Waals surface area (Å²) in [6, 6.07) is 0. The van der Waals surface area contributed by atoms with Gasteiger partial charge in [0.05, 0.1) is 12.1 Å². The molecule has 0 aliphatic carbocycles. The predicted molar refractivity (Wildman–Crippen MR) is 62.7 cm³/mol. The SMILES string of the molecule is CC(C)c1n[nH]c(=S)n1Cc1cncs1. The molecule has 2 aromatic heterocycles. The van der Waals surface area contributed by atoms with Gasteiger partial charge in [0.2, 0.25) is 0 Å². The van der Waals surface area contributed by atoms with E-state index in [1.807, 2.05) is 16.3 Å². The van der Waals surface area contributed by atoms with Crippen molar-refractivity contribution in [2.24, 2.45) is 0 Å². The van der Waals surface area contributed by atoms with E-state index in [4.69, 9.17) is 12.2 Å². The van der Waals surface area contributed by atoms with E-state index in [0.29, 0.717) is 10.7 Å².